The minimum atomic E-state index is -0.280. The van der Waals surface area contributed by atoms with Gasteiger partial charge in [-0.2, -0.15) is 0 Å². The molecule has 0 atom stereocenters. The Kier molecular flexibility index (Phi) is 2.31. The summed E-state index contributed by atoms with van der Waals surface area (Å²) < 4.78 is 6.46. The SMILES string of the molecule is CCn1ccc(C(=O)OC)c1. The number of aromatic nitrogens is 1. The van der Waals surface area contributed by atoms with Crippen molar-refractivity contribution in [1.82, 2.24) is 4.57 Å². The summed E-state index contributed by atoms with van der Waals surface area (Å²) in [4.78, 5) is 10.9. The third-order valence-corrected chi connectivity index (χ3v) is 1.54. The summed E-state index contributed by atoms with van der Waals surface area (Å²) in [5.41, 5.74) is 0.606. The van der Waals surface area contributed by atoms with E-state index in [2.05, 4.69) is 4.74 Å². The zero-order valence-electron chi connectivity index (χ0n) is 6.70. The van der Waals surface area contributed by atoms with Gasteiger partial charge in [-0.1, -0.05) is 0 Å². The molecule has 0 fully saturated rings. The monoisotopic (exact) mass is 153 g/mol. The van der Waals surface area contributed by atoms with E-state index >= 15 is 0 Å². The Morgan fingerprint density at radius 2 is 2.45 bits per heavy atom. The fraction of sp³-hybridized carbons (Fsp3) is 0.375. The summed E-state index contributed by atoms with van der Waals surface area (Å²) >= 11 is 0. The van der Waals surface area contributed by atoms with Crippen molar-refractivity contribution in [2.24, 2.45) is 0 Å². The normalized spacial score (nSPS) is 9.64. The van der Waals surface area contributed by atoms with Gasteiger partial charge >= 0.3 is 5.97 Å². The molecule has 0 aliphatic rings. The van der Waals surface area contributed by atoms with Crippen molar-refractivity contribution in [2.45, 2.75) is 13.5 Å². The Morgan fingerprint density at radius 3 is 2.91 bits per heavy atom. The minimum absolute atomic E-state index is 0.280. The highest BCUT2D eigenvalue weighted by Crippen LogP contribution is 2.02. The predicted octanol–water partition coefficient (Wildman–Crippen LogP) is 1.29. The van der Waals surface area contributed by atoms with Gasteiger partial charge in [0.15, 0.2) is 0 Å². The van der Waals surface area contributed by atoms with Gasteiger partial charge < -0.3 is 9.30 Å². The van der Waals surface area contributed by atoms with Crippen LogP contribution in [-0.2, 0) is 11.3 Å². The van der Waals surface area contributed by atoms with Crippen LogP contribution in [0, 0.1) is 0 Å². The maximum atomic E-state index is 10.9. The second-order valence-electron chi connectivity index (χ2n) is 2.22. The summed E-state index contributed by atoms with van der Waals surface area (Å²) in [6.45, 7) is 2.89. The molecule has 0 bridgehead atoms. The molecule has 1 heterocycles. The van der Waals surface area contributed by atoms with Gasteiger partial charge in [-0.25, -0.2) is 4.79 Å². The lowest BCUT2D eigenvalue weighted by Gasteiger charge is -1.94. The fourth-order valence-corrected chi connectivity index (χ4v) is 0.876. The predicted molar refractivity (Wildman–Crippen MR) is 41.4 cm³/mol. The van der Waals surface area contributed by atoms with Crippen LogP contribution in [0.4, 0.5) is 0 Å². The first-order chi connectivity index (χ1) is 5.27. The molecule has 0 saturated heterocycles. The van der Waals surface area contributed by atoms with Crippen molar-refractivity contribution in [1.29, 1.82) is 0 Å². The molecule has 3 heteroatoms. The van der Waals surface area contributed by atoms with Gasteiger partial charge in [0.25, 0.3) is 0 Å². The summed E-state index contributed by atoms with van der Waals surface area (Å²) in [5.74, 6) is -0.280. The topological polar surface area (TPSA) is 31.2 Å². The van der Waals surface area contributed by atoms with E-state index < -0.39 is 0 Å². The number of esters is 1. The fourth-order valence-electron chi connectivity index (χ4n) is 0.876. The van der Waals surface area contributed by atoms with Crippen LogP contribution in [0.2, 0.25) is 0 Å². The highest BCUT2D eigenvalue weighted by atomic mass is 16.5. The molecule has 0 N–H and O–H groups in total. The van der Waals surface area contributed by atoms with Crippen LogP contribution in [-0.4, -0.2) is 17.6 Å². The van der Waals surface area contributed by atoms with Crippen molar-refractivity contribution in [3.8, 4) is 0 Å². The van der Waals surface area contributed by atoms with Crippen molar-refractivity contribution in [3.05, 3.63) is 24.0 Å². The van der Waals surface area contributed by atoms with E-state index in [1.54, 1.807) is 12.3 Å². The van der Waals surface area contributed by atoms with Crippen LogP contribution >= 0.6 is 0 Å². The first kappa shape index (κ1) is 7.85. The second-order valence-corrected chi connectivity index (χ2v) is 2.22. The largest absolute Gasteiger partial charge is 0.465 e. The van der Waals surface area contributed by atoms with Crippen LogP contribution < -0.4 is 0 Å². The van der Waals surface area contributed by atoms with Gasteiger partial charge in [0, 0.05) is 18.9 Å². The third-order valence-electron chi connectivity index (χ3n) is 1.54. The molecule has 0 aromatic carbocycles. The standard InChI is InChI=1S/C8H11NO2/c1-3-9-5-4-7(6-9)8(10)11-2/h4-6H,3H2,1-2H3. The molecule has 11 heavy (non-hydrogen) atoms. The molecule has 0 unspecified atom stereocenters. The molecule has 0 aliphatic carbocycles. The lowest BCUT2D eigenvalue weighted by Crippen LogP contribution is -1.99. The molecule has 3 nitrogen and oxygen atoms in total. The van der Waals surface area contributed by atoms with Gasteiger partial charge in [-0.3, -0.25) is 0 Å². The smallest absolute Gasteiger partial charge is 0.339 e. The Bertz CT molecular complexity index is 252. The maximum absolute atomic E-state index is 10.9. The molecule has 60 valence electrons. The first-order valence-electron chi connectivity index (χ1n) is 3.52. The number of methoxy groups -OCH3 is 1. The number of hydrogen-bond acceptors (Lipinski definition) is 2. The summed E-state index contributed by atoms with van der Waals surface area (Å²) in [6.07, 6.45) is 3.62. The Hall–Kier alpha value is -1.25. The first-order valence-corrected chi connectivity index (χ1v) is 3.52. The Morgan fingerprint density at radius 1 is 1.73 bits per heavy atom. The van der Waals surface area contributed by atoms with Gasteiger partial charge in [0.1, 0.15) is 0 Å². The number of carbonyl (C=O) groups is 1. The Balaban J connectivity index is 2.80. The van der Waals surface area contributed by atoms with Crippen molar-refractivity contribution >= 4 is 5.97 Å². The highest BCUT2D eigenvalue weighted by Gasteiger charge is 2.04. The van der Waals surface area contributed by atoms with Crippen LogP contribution in [0.25, 0.3) is 0 Å². The molecular weight excluding hydrogens is 142 g/mol. The molecule has 0 saturated carbocycles. The number of rotatable bonds is 2. The number of carbonyl (C=O) groups excluding carboxylic acids is 1. The number of ether oxygens (including phenoxy) is 1. The average Bonchev–Trinajstić information content (AvgIpc) is 2.50. The Labute approximate surface area is 65.6 Å². The zero-order chi connectivity index (χ0) is 8.27. The van der Waals surface area contributed by atoms with Crippen LogP contribution in [0.15, 0.2) is 18.5 Å². The van der Waals surface area contributed by atoms with Crippen molar-refractivity contribution in [2.75, 3.05) is 7.11 Å². The van der Waals surface area contributed by atoms with Crippen LogP contribution in [0.1, 0.15) is 17.3 Å². The minimum Gasteiger partial charge on any atom is -0.465 e. The summed E-state index contributed by atoms with van der Waals surface area (Å²) in [6, 6.07) is 1.75. The zero-order valence-corrected chi connectivity index (χ0v) is 6.70. The van der Waals surface area contributed by atoms with E-state index in [-0.39, 0.29) is 5.97 Å². The molecule has 0 amide bonds. The molecule has 1 rings (SSSR count). The summed E-state index contributed by atoms with van der Waals surface area (Å²) in [5, 5.41) is 0. The maximum Gasteiger partial charge on any atom is 0.339 e. The van der Waals surface area contributed by atoms with E-state index in [1.165, 1.54) is 7.11 Å². The van der Waals surface area contributed by atoms with Gasteiger partial charge in [0.2, 0.25) is 0 Å². The molecule has 0 radical (unpaired) electrons. The quantitative estimate of drug-likeness (QED) is 0.599. The highest BCUT2D eigenvalue weighted by molar-refractivity contribution is 5.89. The molecule has 1 aromatic rings. The van der Waals surface area contributed by atoms with Crippen molar-refractivity contribution < 1.29 is 9.53 Å². The number of hydrogen-bond donors (Lipinski definition) is 0. The summed E-state index contributed by atoms with van der Waals surface area (Å²) in [7, 11) is 1.38. The lowest BCUT2D eigenvalue weighted by molar-refractivity contribution is 0.0600. The number of aryl methyl sites for hydroxylation is 1. The number of nitrogens with zero attached hydrogens (tertiary/aromatic N) is 1. The van der Waals surface area contributed by atoms with Gasteiger partial charge in [-0.05, 0) is 13.0 Å². The van der Waals surface area contributed by atoms with Gasteiger partial charge in [0.05, 0.1) is 12.7 Å². The van der Waals surface area contributed by atoms with Crippen LogP contribution in [0.5, 0.6) is 0 Å². The van der Waals surface area contributed by atoms with E-state index in [0.717, 1.165) is 6.54 Å². The van der Waals surface area contributed by atoms with E-state index in [4.69, 9.17) is 0 Å². The van der Waals surface area contributed by atoms with E-state index in [9.17, 15) is 4.79 Å². The van der Waals surface area contributed by atoms with E-state index in [1.807, 2.05) is 17.7 Å². The molecule has 1 aromatic heterocycles. The molecule has 0 spiro atoms. The lowest BCUT2D eigenvalue weighted by atomic mass is 10.3. The second kappa shape index (κ2) is 3.23. The third kappa shape index (κ3) is 1.61. The van der Waals surface area contributed by atoms with Crippen molar-refractivity contribution in [3.63, 3.8) is 0 Å². The van der Waals surface area contributed by atoms with Crippen LogP contribution in [0.3, 0.4) is 0 Å². The molecule has 0 aliphatic heterocycles. The average molecular weight is 153 g/mol. The molecular formula is C8H11NO2. The van der Waals surface area contributed by atoms with Gasteiger partial charge in [-0.15, -0.1) is 0 Å². The van der Waals surface area contributed by atoms with E-state index in [0.29, 0.717) is 5.56 Å².